The van der Waals surface area contributed by atoms with Gasteiger partial charge < -0.3 is 15.0 Å². The molecule has 1 heterocycles. The second-order valence-electron chi connectivity index (χ2n) is 5.23. The van der Waals surface area contributed by atoms with Gasteiger partial charge >= 0.3 is 0 Å². The standard InChI is InChI=1S/C13H29N3O/c1-5-14-12-7-10-17-11-13(12)16(4)9-6-8-15(2)3/h12-14H,5-11H2,1-4H3. The SMILES string of the molecule is CCNC1CCOCC1N(C)CCCN(C)C. The van der Waals surface area contributed by atoms with Crippen molar-refractivity contribution in [1.82, 2.24) is 15.1 Å². The lowest BCUT2D eigenvalue weighted by molar-refractivity contribution is 0.00578. The van der Waals surface area contributed by atoms with E-state index in [-0.39, 0.29) is 0 Å². The van der Waals surface area contributed by atoms with Gasteiger partial charge in [0.1, 0.15) is 0 Å². The van der Waals surface area contributed by atoms with Crippen LogP contribution in [-0.4, -0.2) is 75.9 Å². The molecule has 0 saturated carbocycles. The maximum atomic E-state index is 5.62. The lowest BCUT2D eigenvalue weighted by Crippen LogP contribution is -2.54. The minimum Gasteiger partial charge on any atom is -0.380 e. The third kappa shape index (κ3) is 5.34. The molecular weight excluding hydrogens is 214 g/mol. The van der Waals surface area contributed by atoms with Crippen LogP contribution in [0.15, 0.2) is 0 Å². The van der Waals surface area contributed by atoms with Crippen LogP contribution in [0.1, 0.15) is 19.8 Å². The van der Waals surface area contributed by atoms with Crippen LogP contribution < -0.4 is 5.32 Å². The third-order valence-corrected chi connectivity index (χ3v) is 3.47. The van der Waals surface area contributed by atoms with E-state index in [4.69, 9.17) is 4.74 Å². The highest BCUT2D eigenvalue weighted by molar-refractivity contribution is 4.85. The van der Waals surface area contributed by atoms with Gasteiger partial charge in [-0.2, -0.15) is 0 Å². The zero-order chi connectivity index (χ0) is 12.7. The maximum Gasteiger partial charge on any atom is 0.0636 e. The first-order valence-corrected chi connectivity index (χ1v) is 6.81. The van der Waals surface area contributed by atoms with Crippen molar-refractivity contribution >= 4 is 0 Å². The van der Waals surface area contributed by atoms with Gasteiger partial charge in [-0.3, -0.25) is 4.90 Å². The number of likely N-dealkylation sites (N-methyl/N-ethyl adjacent to an activating group) is 2. The summed E-state index contributed by atoms with van der Waals surface area (Å²) < 4.78 is 5.62. The molecular formula is C13H29N3O. The van der Waals surface area contributed by atoms with Crippen molar-refractivity contribution in [2.45, 2.75) is 31.8 Å². The average molecular weight is 243 g/mol. The fourth-order valence-corrected chi connectivity index (χ4v) is 2.46. The summed E-state index contributed by atoms with van der Waals surface area (Å²) in [4.78, 5) is 4.70. The first-order chi connectivity index (χ1) is 8.15. The summed E-state index contributed by atoms with van der Waals surface area (Å²) in [6, 6.07) is 1.13. The Labute approximate surface area is 106 Å². The van der Waals surface area contributed by atoms with Crippen molar-refractivity contribution in [3.05, 3.63) is 0 Å². The van der Waals surface area contributed by atoms with E-state index in [2.05, 4.69) is 43.2 Å². The van der Waals surface area contributed by atoms with Gasteiger partial charge in [-0.1, -0.05) is 6.92 Å². The van der Waals surface area contributed by atoms with Crippen LogP contribution >= 0.6 is 0 Å². The fraction of sp³-hybridized carbons (Fsp3) is 1.00. The molecule has 0 aromatic heterocycles. The van der Waals surface area contributed by atoms with Crippen LogP contribution in [0.5, 0.6) is 0 Å². The van der Waals surface area contributed by atoms with Gasteiger partial charge in [-0.15, -0.1) is 0 Å². The minimum absolute atomic E-state index is 0.533. The van der Waals surface area contributed by atoms with Gasteiger partial charge in [0, 0.05) is 18.7 Å². The molecule has 1 aliphatic rings. The Morgan fingerprint density at radius 2 is 2.00 bits per heavy atom. The van der Waals surface area contributed by atoms with E-state index in [1.165, 1.54) is 6.42 Å². The third-order valence-electron chi connectivity index (χ3n) is 3.47. The zero-order valence-corrected chi connectivity index (χ0v) is 11.9. The molecule has 17 heavy (non-hydrogen) atoms. The fourth-order valence-electron chi connectivity index (χ4n) is 2.46. The Morgan fingerprint density at radius 3 is 2.65 bits per heavy atom. The molecule has 1 fully saturated rings. The van der Waals surface area contributed by atoms with Crippen LogP contribution in [0.3, 0.4) is 0 Å². The molecule has 0 spiro atoms. The van der Waals surface area contributed by atoms with Gasteiger partial charge in [0.15, 0.2) is 0 Å². The summed E-state index contributed by atoms with van der Waals surface area (Å²) >= 11 is 0. The van der Waals surface area contributed by atoms with Crippen molar-refractivity contribution in [2.75, 3.05) is 54.0 Å². The van der Waals surface area contributed by atoms with E-state index in [1.807, 2.05) is 0 Å². The molecule has 1 rings (SSSR count). The first-order valence-electron chi connectivity index (χ1n) is 6.81. The smallest absolute Gasteiger partial charge is 0.0636 e. The van der Waals surface area contributed by atoms with E-state index in [0.29, 0.717) is 12.1 Å². The Morgan fingerprint density at radius 1 is 1.24 bits per heavy atom. The normalized spacial score (nSPS) is 25.8. The van der Waals surface area contributed by atoms with Gasteiger partial charge in [0.25, 0.3) is 0 Å². The molecule has 4 nitrogen and oxygen atoms in total. The van der Waals surface area contributed by atoms with Crippen molar-refractivity contribution in [2.24, 2.45) is 0 Å². The molecule has 1 aliphatic heterocycles. The van der Waals surface area contributed by atoms with Crippen LogP contribution in [0.25, 0.3) is 0 Å². The van der Waals surface area contributed by atoms with Gasteiger partial charge in [0.05, 0.1) is 6.61 Å². The predicted molar refractivity (Wildman–Crippen MR) is 72.5 cm³/mol. The summed E-state index contributed by atoms with van der Waals surface area (Å²) in [5.41, 5.74) is 0. The summed E-state index contributed by atoms with van der Waals surface area (Å²) in [6.07, 6.45) is 2.36. The highest BCUT2D eigenvalue weighted by atomic mass is 16.5. The number of hydrogen-bond acceptors (Lipinski definition) is 4. The Hall–Kier alpha value is -0.160. The highest BCUT2D eigenvalue weighted by Crippen LogP contribution is 2.13. The summed E-state index contributed by atoms with van der Waals surface area (Å²) in [7, 11) is 6.48. The summed E-state index contributed by atoms with van der Waals surface area (Å²) in [5.74, 6) is 0. The van der Waals surface area contributed by atoms with Gasteiger partial charge in [-0.25, -0.2) is 0 Å². The Bertz CT molecular complexity index is 197. The lowest BCUT2D eigenvalue weighted by atomic mass is 10.0. The van der Waals surface area contributed by atoms with Crippen molar-refractivity contribution in [3.63, 3.8) is 0 Å². The minimum atomic E-state index is 0.533. The van der Waals surface area contributed by atoms with E-state index in [9.17, 15) is 0 Å². The zero-order valence-electron chi connectivity index (χ0n) is 11.9. The van der Waals surface area contributed by atoms with E-state index in [1.54, 1.807) is 0 Å². The molecule has 1 N–H and O–H groups in total. The molecule has 0 aromatic carbocycles. The summed E-state index contributed by atoms with van der Waals surface area (Å²) in [5, 5.41) is 3.58. The molecule has 0 bridgehead atoms. The van der Waals surface area contributed by atoms with E-state index < -0.39 is 0 Å². The average Bonchev–Trinajstić information content (AvgIpc) is 2.29. The Kier molecular flexibility index (Phi) is 7.04. The highest BCUT2D eigenvalue weighted by Gasteiger charge is 2.27. The van der Waals surface area contributed by atoms with E-state index in [0.717, 1.165) is 39.3 Å². The maximum absolute atomic E-state index is 5.62. The summed E-state index contributed by atoms with van der Waals surface area (Å²) in [6.45, 7) is 7.30. The van der Waals surface area contributed by atoms with Gasteiger partial charge in [-0.05, 0) is 53.6 Å². The van der Waals surface area contributed by atoms with Crippen molar-refractivity contribution in [3.8, 4) is 0 Å². The largest absolute Gasteiger partial charge is 0.380 e. The van der Waals surface area contributed by atoms with Crippen LogP contribution in [0, 0.1) is 0 Å². The quantitative estimate of drug-likeness (QED) is 0.710. The molecule has 0 radical (unpaired) electrons. The van der Waals surface area contributed by atoms with Crippen LogP contribution in [0.4, 0.5) is 0 Å². The second-order valence-corrected chi connectivity index (χ2v) is 5.23. The number of nitrogens with one attached hydrogen (secondary N) is 1. The number of hydrogen-bond donors (Lipinski definition) is 1. The van der Waals surface area contributed by atoms with Crippen molar-refractivity contribution < 1.29 is 4.74 Å². The second kappa shape index (κ2) is 8.03. The molecule has 0 aromatic rings. The lowest BCUT2D eigenvalue weighted by Gasteiger charge is -2.38. The number of ether oxygens (including phenoxy) is 1. The Balaban J connectivity index is 2.33. The monoisotopic (exact) mass is 243 g/mol. The van der Waals surface area contributed by atoms with Crippen LogP contribution in [0.2, 0.25) is 0 Å². The molecule has 0 aliphatic carbocycles. The first kappa shape index (κ1) is 14.9. The van der Waals surface area contributed by atoms with E-state index >= 15 is 0 Å². The molecule has 4 heteroatoms. The molecule has 0 amide bonds. The van der Waals surface area contributed by atoms with Crippen LogP contribution in [-0.2, 0) is 4.74 Å². The molecule has 2 unspecified atom stereocenters. The number of rotatable bonds is 7. The molecule has 2 atom stereocenters. The van der Waals surface area contributed by atoms with Gasteiger partial charge in [0.2, 0.25) is 0 Å². The topological polar surface area (TPSA) is 27.7 Å². The predicted octanol–water partition coefficient (Wildman–Crippen LogP) is 0.637. The van der Waals surface area contributed by atoms with Crippen molar-refractivity contribution in [1.29, 1.82) is 0 Å². The molecule has 102 valence electrons. The molecule has 1 saturated heterocycles. The number of nitrogens with zero attached hydrogens (tertiary/aromatic N) is 2.